The summed E-state index contributed by atoms with van der Waals surface area (Å²) < 4.78 is 27.1. The van der Waals surface area contributed by atoms with E-state index in [1.54, 1.807) is 12.1 Å². The first-order valence-electron chi connectivity index (χ1n) is 8.76. The van der Waals surface area contributed by atoms with E-state index in [1.807, 2.05) is 50.2 Å². The predicted molar refractivity (Wildman–Crippen MR) is 111 cm³/mol. The molecule has 2 aromatic carbocycles. The van der Waals surface area contributed by atoms with Gasteiger partial charge in [0.05, 0.1) is 17.6 Å². The van der Waals surface area contributed by atoms with Crippen LogP contribution in [0.5, 0.6) is 0 Å². The van der Waals surface area contributed by atoms with Crippen molar-refractivity contribution < 1.29 is 8.42 Å². The lowest BCUT2D eigenvalue weighted by Gasteiger charge is -2.11. The zero-order chi connectivity index (χ0) is 19.3. The van der Waals surface area contributed by atoms with E-state index < -0.39 is 10.0 Å². The SMILES string of the molecule is Cc1ccc(C)c(Nc2ccc(NS(=O)(=O)CCc3ccccc3)cn2)c1. The van der Waals surface area contributed by atoms with Gasteiger partial charge in [-0.1, -0.05) is 42.5 Å². The number of nitrogens with one attached hydrogen (secondary N) is 2. The molecule has 0 atom stereocenters. The third kappa shape index (κ3) is 5.56. The molecule has 0 radical (unpaired) electrons. The van der Waals surface area contributed by atoms with Crippen LogP contribution in [-0.4, -0.2) is 19.2 Å². The van der Waals surface area contributed by atoms with Crippen molar-refractivity contribution in [2.24, 2.45) is 0 Å². The molecular weight excluding hydrogens is 358 g/mol. The smallest absolute Gasteiger partial charge is 0.233 e. The molecule has 0 bridgehead atoms. The molecule has 0 aliphatic heterocycles. The molecule has 6 heteroatoms. The van der Waals surface area contributed by atoms with E-state index >= 15 is 0 Å². The number of nitrogens with zero attached hydrogens (tertiary/aromatic N) is 1. The van der Waals surface area contributed by atoms with Gasteiger partial charge in [-0.3, -0.25) is 4.72 Å². The number of rotatable bonds is 7. The van der Waals surface area contributed by atoms with Gasteiger partial charge in [0, 0.05) is 5.69 Å². The van der Waals surface area contributed by atoms with Crippen molar-refractivity contribution in [3.63, 3.8) is 0 Å². The molecule has 0 aliphatic carbocycles. The third-order valence-electron chi connectivity index (χ3n) is 4.19. The van der Waals surface area contributed by atoms with Crippen LogP contribution in [0.25, 0.3) is 0 Å². The van der Waals surface area contributed by atoms with Crippen LogP contribution in [0.15, 0.2) is 66.9 Å². The molecule has 5 nitrogen and oxygen atoms in total. The maximum absolute atomic E-state index is 12.3. The Labute approximate surface area is 160 Å². The second-order valence-electron chi connectivity index (χ2n) is 6.53. The molecule has 0 aliphatic rings. The van der Waals surface area contributed by atoms with Crippen molar-refractivity contribution in [3.05, 3.63) is 83.6 Å². The van der Waals surface area contributed by atoms with Crippen molar-refractivity contribution in [2.45, 2.75) is 20.3 Å². The third-order valence-corrected chi connectivity index (χ3v) is 5.48. The number of anilines is 3. The van der Waals surface area contributed by atoms with Crippen LogP contribution >= 0.6 is 0 Å². The molecule has 1 heterocycles. The van der Waals surface area contributed by atoms with E-state index in [1.165, 1.54) is 6.20 Å². The van der Waals surface area contributed by atoms with Gasteiger partial charge >= 0.3 is 0 Å². The van der Waals surface area contributed by atoms with Gasteiger partial charge in [-0.05, 0) is 55.2 Å². The maximum Gasteiger partial charge on any atom is 0.233 e. The summed E-state index contributed by atoms with van der Waals surface area (Å²) >= 11 is 0. The summed E-state index contributed by atoms with van der Waals surface area (Å²) in [5.41, 5.74) is 4.71. The molecule has 0 saturated carbocycles. The first-order valence-corrected chi connectivity index (χ1v) is 10.4. The minimum atomic E-state index is -3.43. The summed E-state index contributed by atoms with van der Waals surface area (Å²) in [4.78, 5) is 4.31. The van der Waals surface area contributed by atoms with E-state index in [4.69, 9.17) is 0 Å². The van der Waals surface area contributed by atoms with Gasteiger partial charge < -0.3 is 5.32 Å². The predicted octanol–water partition coefficient (Wildman–Crippen LogP) is 4.43. The molecule has 2 N–H and O–H groups in total. The Morgan fingerprint density at radius 3 is 2.44 bits per heavy atom. The minimum Gasteiger partial charge on any atom is -0.340 e. The number of benzene rings is 2. The van der Waals surface area contributed by atoms with Crippen LogP contribution in [0, 0.1) is 13.8 Å². The lowest BCUT2D eigenvalue weighted by Crippen LogP contribution is -2.18. The number of aromatic nitrogens is 1. The van der Waals surface area contributed by atoms with Crippen LogP contribution in [0.4, 0.5) is 17.2 Å². The summed E-state index contributed by atoms with van der Waals surface area (Å²) in [6.07, 6.45) is 1.99. The molecule has 3 aromatic rings. The van der Waals surface area contributed by atoms with Gasteiger partial charge in [0.2, 0.25) is 10.0 Å². The van der Waals surface area contributed by atoms with Crippen LogP contribution in [0.2, 0.25) is 0 Å². The van der Waals surface area contributed by atoms with E-state index in [0.29, 0.717) is 17.9 Å². The monoisotopic (exact) mass is 381 g/mol. The van der Waals surface area contributed by atoms with Crippen molar-refractivity contribution in [1.82, 2.24) is 4.98 Å². The van der Waals surface area contributed by atoms with Gasteiger partial charge in [0.25, 0.3) is 0 Å². The van der Waals surface area contributed by atoms with Gasteiger partial charge in [-0.15, -0.1) is 0 Å². The number of hydrogen-bond acceptors (Lipinski definition) is 4. The highest BCUT2D eigenvalue weighted by Crippen LogP contribution is 2.21. The second kappa shape index (κ2) is 8.22. The Morgan fingerprint density at radius 1 is 0.963 bits per heavy atom. The van der Waals surface area contributed by atoms with Gasteiger partial charge in [0.1, 0.15) is 5.82 Å². The highest BCUT2D eigenvalue weighted by atomic mass is 32.2. The number of sulfonamides is 1. The first-order chi connectivity index (χ1) is 12.9. The highest BCUT2D eigenvalue weighted by molar-refractivity contribution is 7.92. The topological polar surface area (TPSA) is 71.1 Å². The van der Waals surface area contributed by atoms with Crippen molar-refractivity contribution in [3.8, 4) is 0 Å². The Bertz CT molecular complexity index is 1000. The molecule has 0 fully saturated rings. The lowest BCUT2D eigenvalue weighted by molar-refractivity contribution is 0.600. The van der Waals surface area contributed by atoms with E-state index in [-0.39, 0.29) is 5.75 Å². The van der Waals surface area contributed by atoms with E-state index in [9.17, 15) is 8.42 Å². The zero-order valence-corrected chi connectivity index (χ0v) is 16.3. The molecule has 0 amide bonds. The number of hydrogen-bond donors (Lipinski definition) is 2. The van der Waals surface area contributed by atoms with Crippen LogP contribution in [0.3, 0.4) is 0 Å². The summed E-state index contributed by atoms with van der Waals surface area (Å²) in [5, 5.41) is 3.26. The second-order valence-corrected chi connectivity index (χ2v) is 8.37. The highest BCUT2D eigenvalue weighted by Gasteiger charge is 2.11. The molecule has 0 spiro atoms. The van der Waals surface area contributed by atoms with Gasteiger partial charge in [-0.25, -0.2) is 13.4 Å². The van der Waals surface area contributed by atoms with E-state index in [2.05, 4.69) is 27.2 Å². The molecule has 3 rings (SSSR count). The van der Waals surface area contributed by atoms with Crippen LogP contribution < -0.4 is 10.0 Å². The quantitative estimate of drug-likeness (QED) is 0.635. The normalized spacial score (nSPS) is 11.2. The Kier molecular flexibility index (Phi) is 5.76. The number of aryl methyl sites for hydroxylation is 3. The fourth-order valence-electron chi connectivity index (χ4n) is 2.66. The Morgan fingerprint density at radius 2 is 1.74 bits per heavy atom. The standard InChI is InChI=1S/C21H23N3O2S/c1-16-8-9-17(2)20(14-16)23-21-11-10-19(15-22-21)24-27(25,26)13-12-18-6-4-3-5-7-18/h3-11,14-15,24H,12-13H2,1-2H3,(H,22,23). The zero-order valence-electron chi connectivity index (χ0n) is 15.4. The Hall–Kier alpha value is -2.86. The van der Waals surface area contributed by atoms with Gasteiger partial charge in [-0.2, -0.15) is 0 Å². The molecule has 140 valence electrons. The molecule has 27 heavy (non-hydrogen) atoms. The Balaban J connectivity index is 1.62. The minimum absolute atomic E-state index is 0.0273. The molecule has 1 aromatic heterocycles. The maximum atomic E-state index is 12.3. The van der Waals surface area contributed by atoms with Crippen molar-refractivity contribution >= 4 is 27.2 Å². The summed E-state index contributed by atoms with van der Waals surface area (Å²) in [7, 11) is -3.43. The number of pyridine rings is 1. The average molecular weight is 382 g/mol. The van der Waals surface area contributed by atoms with E-state index in [0.717, 1.165) is 22.4 Å². The van der Waals surface area contributed by atoms with Crippen molar-refractivity contribution in [2.75, 3.05) is 15.8 Å². The van der Waals surface area contributed by atoms with Gasteiger partial charge in [0.15, 0.2) is 0 Å². The van der Waals surface area contributed by atoms with Crippen molar-refractivity contribution in [1.29, 1.82) is 0 Å². The lowest BCUT2D eigenvalue weighted by atomic mass is 10.1. The van der Waals surface area contributed by atoms with Crippen LogP contribution in [-0.2, 0) is 16.4 Å². The summed E-state index contributed by atoms with van der Waals surface area (Å²) in [5.74, 6) is 0.690. The largest absolute Gasteiger partial charge is 0.340 e. The molecule has 0 unspecified atom stereocenters. The molecular formula is C21H23N3O2S. The fraction of sp³-hybridized carbons (Fsp3) is 0.190. The fourth-order valence-corrected chi connectivity index (χ4v) is 3.75. The average Bonchev–Trinajstić information content (AvgIpc) is 2.65. The molecule has 0 saturated heterocycles. The summed E-state index contributed by atoms with van der Waals surface area (Å²) in [6.45, 7) is 4.06. The van der Waals surface area contributed by atoms with Crippen LogP contribution in [0.1, 0.15) is 16.7 Å². The summed E-state index contributed by atoms with van der Waals surface area (Å²) in [6, 6.07) is 19.2. The first kappa shape index (κ1) is 18.9.